The molecule has 2 N–H and O–H groups in total. The molecule has 1 fully saturated rings. The molecule has 2 heterocycles. The highest BCUT2D eigenvalue weighted by atomic mass is 35.5. The Hall–Kier alpha value is -1.31. The molecule has 0 unspecified atom stereocenters. The van der Waals surface area contributed by atoms with Crippen molar-refractivity contribution >= 4 is 33.9 Å². The number of halogens is 1. The van der Waals surface area contributed by atoms with E-state index in [0.717, 1.165) is 32.2 Å². The largest absolute Gasteiger partial charge is 0.486 e. The zero-order valence-corrected chi connectivity index (χ0v) is 13.9. The molecule has 1 spiro atoms. The molecule has 0 radical (unpaired) electrons. The fourth-order valence-electron chi connectivity index (χ4n) is 2.93. The standard InChI is InChI=1S/C14H18N2O4S.ClH/c1-21(18,19)16-10-2-3-13-11(8-10)12(17)9-14(20-13)4-6-15-7-5-14;/h2-3,8,15-16H,4-7,9H2,1H3;1H. The third-order valence-electron chi connectivity index (χ3n) is 3.91. The topological polar surface area (TPSA) is 84.5 Å². The predicted molar refractivity (Wildman–Crippen MR) is 86.6 cm³/mol. The highest BCUT2D eigenvalue weighted by molar-refractivity contribution is 7.92. The van der Waals surface area contributed by atoms with Gasteiger partial charge in [0.1, 0.15) is 11.4 Å². The van der Waals surface area contributed by atoms with Gasteiger partial charge in [0.05, 0.1) is 18.2 Å². The van der Waals surface area contributed by atoms with Gasteiger partial charge in [-0.05, 0) is 31.3 Å². The molecule has 0 amide bonds. The minimum atomic E-state index is -3.36. The Morgan fingerprint density at radius 3 is 2.59 bits per heavy atom. The van der Waals surface area contributed by atoms with Gasteiger partial charge in [0.2, 0.25) is 10.0 Å². The molecule has 0 aromatic heterocycles. The Morgan fingerprint density at radius 2 is 1.95 bits per heavy atom. The van der Waals surface area contributed by atoms with Crippen molar-refractivity contribution in [1.82, 2.24) is 5.32 Å². The summed E-state index contributed by atoms with van der Waals surface area (Å²) in [6, 6.07) is 4.84. The summed E-state index contributed by atoms with van der Waals surface area (Å²) in [6.45, 7) is 1.69. The monoisotopic (exact) mass is 346 g/mol. The first-order valence-corrected chi connectivity index (χ1v) is 8.81. The van der Waals surface area contributed by atoms with Crippen molar-refractivity contribution in [2.45, 2.75) is 24.9 Å². The highest BCUT2D eigenvalue weighted by Gasteiger charge is 2.41. The number of rotatable bonds is 2. The summed E-state index contributed by atoms with van der Waals surface area (Å²) in [5.74, 6) is 0.558. The van der Waals surface area contributed by atoms with Crippen molar-refractivity contribution in [3.05, 3.63) is 23.8 Å². The second-order valence-corrected chi connectivity index (χ2v) is 7.47. The summed E-state index contributed by atoms with van der Waals surface area (Å²) < 4.78 is 31.0. The maximum atomic E-state index is 12.4. The molecule has 22 heavy (non-hydrogen) atoms. The average Bonchev–Trinajstić information content (AvgIpc) is 2.39. The Balaban J connectivity index is 0.00000176. The van der Waals surface area contributed by atoms with Crippen LogP contribution in [-0.2, 0) is 10.0 Å². The normalized spacial score (nSPS) is 19.8. The maximum absolute atomic E-state index is 12.4. The van der Waals surface area contributed by atoms with E-state index in [0.29, 0.717) is 23.4 Å². The third-order valence-corrected chi connectivity index (χ3v) is 4.51. The lowest BCUT2D eigenvalue weighted by Crippen LogP contribution is -2.49. The first kappa shape index (κ1) is 17.1. The molecule has 2 aliphatic rings. The van der Waals surface area contributed by atoms with Crippen LogP contribution in [0.1, 0.15) is 29.6 Å². The Kier molecular flexibility index (Phi) is 4.70. The molecule has 1 aromatic carbocycles. The van der Waals surface area contributed by atoms with Crippen LogP contribution in [0.15, 0.2) is 18.2 Å². The molecule has 0 bridgehead atoms. The van der Waals surface area contributed by atoms with E-state index in [2.05, 4.69) is 10.0 Å². The van der Waals surface area contributed by atoms with Gasteiger partial charge in [-0.25, -0.2) is 8.42 Å². The Bertz CT molecular complexity index is 684. The van der Waals surface area contributed by atoms with Crippen LogP contribution >= 0.6 is 12.4 Å². The number of fused-ring (bicyclic) bond motifs is 1. The van der Waals surface area contributed by atoms with Crippen LogP contribution in [0.2, 0.25) is 0 Å². The van der Waals surface area contributed by atoms with Gasteiger partial charge in [0.25, 0.3) is 0 Å². The van der Waals surface area contributed by atoms with Crippen molar-refractivity contribution in [3.8, 4) is 5.75 Å². The lowest BCUT2D eigenvalue weighted by Gasteiger charge is -2.40. The van der Waals surface area contributed by atoms with Crippen LogP contribution in [0, 0.1) is 0 Å². The second-order valence-electron chi connectivity index (χ2n) is 5.72. The van der Waals surface area contributed by atoms with Crippen LogP contribution < -0.4 is 14.8 Å². The fraction of sp³-hybridized carbons (Fsp3) is 0.500. The molecule has 2 aliphatic heterocycles. The van der Waals surface area contributed by atoms with E-state index in [-0.39, 0.29) is 18.2 Å². The molecule has 0 atom stereocenters. The molecular formula is C14H19ClN2O4S. The smallest absolute Gasteiger partial charge is 0.229 e. The first-order valence-electron chi connectivity index (χ1n) is 6.92. The number of ether oxygens (including phenoxy) is 1. The number of benzene rings is 1. The van der Waals surface area contributed by atoms with E-state index in [1.165, 1.54) is 0 Å². The van der Waals surface area contributed by atoms with Crippen molar-refractivity contribution in [2.75, 3.05) is 24.1 Å². The van der Waals surface area contributed by atoms with Gasteiger partial charge in [-0.2, -0.15) is 0 Å². The quantitative estimate of drug-likeness (QED) is 0.849. The van der Waals surface area contributed by atoms with Crippen molar-refractivity contribution < 1.29 is 17.9 Å². The number of nitrogens with one attached hydrogen (secondary N) is 2. The number of carbonyl (C=O) groups excluding carboxylic acids is 1. The number of hydrogen-bond donors (Lipinski definition) is 2. The zero-order valence-electron chi connectivity index (χ0n) is 12.2. The Morgan fingerprint density at radius 1 is 1.27 bits per heavy atom. The maximum Gasteiger partial charge on any atom is 0.229 e. The number of ketones is 1. The average molecular weight is 347 g/mol. The van der Waals surface area contributed by atoms with Crippen LogP contribution in [0.3, 0.4) is 0 Å². The van der Waals surface area contributed by atoms with Gasteiger partial charge in [-0.1, -0.05) is 0 Å². The summed E-state index contributed by atoms with van der Waals surface area (Å²) in [5.41, 5.74) is 0.434. The minimum Gasteiger partial charge on any atom is -0.486 e. The van der Waals surface area contributed by atoms with E-state index in [4.69, 9.17) is 4.74 Å². The van der Waals surface area contributed by atoms with E-state index in [9.17, 15) is 13.2 Å². The van der Waals surface area contributed by atoms with Gasteiger partial charge in [0.15, 0.2) is 5.78 Å². The summed E-state index contributed by atoms with van der Waals surface area (Å²) in [7, 11) is -3.36. The molecule has 122 valence electrons. The first-order chi connectivity index (χ1) is 9.87. The van der Waals surface area contributed by atoms with Gasteiger partial charge < -0.3 is 10.1 Å². The van der Waals surface area contributed by atoms with Crippen LogP contribution in [0.25, 0.3) is 0 Å². The second kappa shape index (κ2) is 6.06. The molecule has 1 aromatic rings. The van der Waals surface area contributed by atoms with Crippen molar-refractivity contribution in [3.63, 3.8) is 0 Å². The number of anilines is 1. The molecule has 3 rings (SSSR count). The molecule has 8 heteroatoms. The van der Waals surface area contributed by atoms with Crippen LogP contribution in [0.4, 0.5) is 5.69 Å². The zero-order chi connectivity index (χ0) is 15.1. The summed E-state index contributed by atoms with van der Waals surface area (Å²) in [5, 5.41) is 3.26. The number of sulfonamides is 1. The summed E-state index contributed by atoms with van der Waals surface area (Å²) in [4.78, 5) is 12.4. The third kappa shape index (κ3) is 3.53. The van der Waals surface area contributed by atoms with Gasteiger partial charge in [-0.15, -0.1) is 12.4 Å². The number of carbonyl (C=O) groups is 1. The summed E-state index contributed by atoms with van der Waals surface area (Å²) >= 11 is 0. The van der Waals surface area contributed by atoms with Gasteiger partial charge >= 0.3 is 0 Å². The Labute approximate surface area is 136 Å². The van der Waals surface area contributed by atoms with E-state index in [1.807, 2.05) is 0 Å². The molecule has 1 saturated heterocycles. The predicted octanol–water partition coefficient (Wildman–Crippen LogP) is 1.57. The lowest BCUT2D eigenvalue weighted by molar-refractivity contribution is 0.0188. The number of hydrogen-bond acceptors (Lipinski definition) is 5. The fourth-order valence-corrected chi connectivity index (χ4v) is 3.49. The summed E-state index contributed by atoms with van der Waals surface area (Å²) in [6.07, 6.45) is 3.04. The number of piperidine rings is 1. The SMILES string of the molecule is CS(=O)(=O)Nc1ccc2c(c1)C(=O)CC1(CCNCC1)O2.Cl. The highest BCUT2D eigenvalue weighted by Crippen LogP contribution is 2.39. The van der Waals surface area contributed by atoms with E-state index in [1.54, 1.807) is 18.2 Å². The van der Waals surface area contributed by atoms with Gasteiger partial charge in [0, 0.05) is 18.5 Å². The molecular weight excluding hydrogens is 328 g/mol. The van der Waals surface area contributed by atoms with Crippen molar-refractivity contribution in [2.24, 2.45) is 0 Å². The number of Topliss-reactive ketones (excluding diaryl/α,β-unsaturated/α-hetero) is 1. The van der Waals surface area contributed by atoms with E-state index < -0.39 is 15.6 Å². The van der Waals surface area contributed by atoms with Crippen molar-refractivity contribution in [1.29, 1.82) is 0 Å². The molecule has 6 nitrogen and oxygen atoms in total. The van der Waals surface area contributed by atoms with Crippen LogP contribution in [0.5, 0.6) is 5.75 Å². The minimum absolute atomic E-state index is 0. The molecule has 0 aliphatic carbocycles. The lowest BCUT2D eigenvalue weighted by atomic mass is 9.83. The van der Waals surface area contributed by atoms with Crippen LogP contribution in [-0.4, -0.2) is 39.1 Å². The molecule has 0 saturated carbocycles. The van der Waals surface area contributed by atoms with Gasteiger partial charge in [-0.3, -0.25) is 9.52 Å². The van der Waals surface area contributed by atoms with E-state index >= 15 is 0 Å².